The predicted octanol–water partition coefficient (Wildman–Crippen LogP) is 1.47. The predicted molar refractivity (Wildman–Crippen MR) is 66.5 cm³/mol. The molecule has 1 aromatic heterocycles. The van der Waals surface area contributed by atoms with Crippen LogP contribution in [0.5, 0.6) is 0 Å². The summed E-state index contributed by atoms with van der Waals surface area (Å²) in [6.07, 6.45) is 1.98. The number of hydrogen-bond donors (Lipinski definition) is 1. The van der Waals surface area contributed by atoms with E-state index in [4.69, 9.17) is 14.5 Å². The van der Waals surface area contributed by atoms with Gasteiger partial charge in [-0.1, -0.05) is 10.3 Å². The summed E-state index contributed by atoms with van der Waals surface area (Å²) < 4.78 is 14.8. The zero-order valence-electron chi connectivity index (χ0n) is 11.3. The molecule has 0 amide bonds. The van der Waals surface area contributed by atoms with Crippen molar-refractivity contribution in [2.75, 3.05) is 20.8 Å². The first-order chi connectivity index (χ1) is 9.13. The number of ether oxygens (including phenoxy) is 2. The Morgan fingerprint density at radius 2 is 2.32 bits per heavy atom. The van der Waals surface area contributed by atoms with E-state index in [1.165, 1.54) is 7.11 Å². The smallest absolute Gasteiger partial charge is 0.306 e. The maximum atomic E-state index is 11.4. The van der Waals surface area contributed by atoms with Crippen molar-refractivity contribution >= 4 is 12.2 Å². The second-order valence-electron chi connectivity index (χ2n) is 4.06. The molecule has 7 heteroatoms. The first-order valence-corrected chi connectivity index (χ1v) is 5.83. The van der Waals surface area contributed by atoms with Crippen molar-refractivity contribution in [2.24, 2.45) is 5.16 Å². The molecule has 0 aromatic carbocycles. The quantitative estimate of drug-likeness (QED) is 0.349. The Morgan fingerprint density at radius 3 is 2.89 bits per heavy atom. The van der Waals surface area contributed by atoms with Crippen LogP contribution in [0.2, 0.25) is 0 Å². The number of esters is 1. The van der Waals surface area contributed by atoms with Gasteiger partial charge in [-0.05, 0) is 13.3 Å². The number of rotatable bonds is 7. The molecular weight excluding hydrogens is 252 g/mol. The standard InChI is InChI=1S/C12H18N2O5/c1-8-10(7-13-16)19-14-12(8)9(4-5-17-2)6-11(15)18-3/h7,9,16H,4-6H2,1-3H3/b13-7+. The molecule has 1 atom stereocenters. The molecule has 1 aromatic rings. The summed E-state index contributed by atoms with van der Waals surface area (Å²) in [6, 6.07) is 0. The lowest BCUT2D eigenvalue weighted by atomic mass is 9.94. The minimum absolute atomic E-state index is 0.156. The van der Waals surface area contributed by atoms with E-state index < -0.39 is 0 Å². The van der Waals surface area contributed by atoms with Gasteiger partial charge in [-0.2, -0.15) is 0 Å². The maximum Gasteiger partial charge on any atom is 0.306 e. The van der Waals surface area contributed by atoms with Gasteiger partial charge >= 0.3 is 5.97 Å². The Morgan fingerprint density at radius 1 is 1.58 bits per heavy atom. The Kier molecular flexibility index (Phi) is 6.01. The molecule has 1 N–H and O–H groups in total. The number of carbonyl (C=O) groups is 1. The normalized spacial score (nSPS) is 12.8. The molecule has 0 bridgehead atoms. The fourth-order valence-corrected chi connectivity index (χ4v) is 1.80. The lowest BCUT2D eigenvalue weighted by molar-refractivity contribution is -0.141. The first-order valence-electron chi connectivity index (χ1n) is 5.83. The van der Waals surface area contributed by atoms with Crippen LogP contribution < -0.4 is 0 Å². The highest BCUT2D eigenvalue weighted by atomic mass is 16.5. The minimum Gasteiger partial charge on any atom is -0.469 e. The summed E-state index contributed by atoms with van der Waals surface area (Å²) in [5.41, 5.74) is 1.39. The molecule has 0 aliphatic rings. The summed E-state index contributed by atoms with van der Waals surface area (Å²) in [4.78, 5) is 11.4. The van der Waals surface area contributed by atoms with Crippen LogP contribution in [0.15, 0.2) is 9.68 Å². The van der Waals surface area contributed by atoms with Crippen LogP contribution in [0.3, 0.4) is 0 Å². The molecule has 7 nitrogen and oxygen atoms in total. The third kappa shape index (κ3) is 4.06. The van der Waals surface area contributed by atoms with Crippen LogP contribution in [0.1, 0.15) is 35.8 Å². The van der Waals surface area contributed by atoms with Crippen molar-refractivity contribution in [1.82, 2.24) is 5.16 Å². The molecule has 0 saturated carbocycles. The van der Waals surface area contributed by atoms with Gasteiger partial charge in [-0.3, -0.25) is 4.79 Å². The van der Waals surface area contributed by atoms with Crippen molar-refractivity contribution < 1.29 is 24.0 Å². The molecule has 1 rings (SSSR count). The lowest BCUT2D eigenvalue weighted by Crippen LogP contribution is -2.12. The van der Waals surface area contributed by atoms with Gasteiger partial charge in [0.2, 0.25) is 0 Å². The number of methoxy groups -OCH3 is 2. The van der Waals surface area contributed by atoms with Gasteiger partial charge < -0.3 is 19.2 Å². The maximum absolute atomic E-state index is 11.4. The molecular formula is C12H18N2O5. The van der Waals surface area contributed by atoms with E-state index in [9.17, 15) is 4.79 Å². The van der Waals surface area contributed by atoms with Gasteiger partial charge in [0.15, 0.2) is 5.76 Å². The van der Waals surface area contributed by atoms with Crippen LogP contribution >= 0.6 is 0 Å². The van der Waals surface area contributed by atoms with Crippen LogP contribution in [0, 0.1) is 6.92 Å². The average molecular weight is 270 g/mol. The molecule has 19 heavy (non-hydrogen) atoms. The zero-order chi connectivity index (χ0) is 14.3. The van der Waals surface area contributed by atoms with Gasteiger partial charge in [0, 0.05) is 25.2 Å². The van der Waals surface area contributed by atoms with Crippen LogP contribution in [-0.4, -0.2) is 43.4 Å². The molecule has 0 saturated heterocycles. The van der Waals surface area contributed by atoms with Crippen molar-refractivity contribution in [1.29, 1.82) is 0 Å². The van der Waals surface area contributed by atoms with Gasteiger partial charge in [-0.15, -0.1) is 0 Å². The highest BCUT2D eigenvalue weighted by Gasteiger charge is 2.23. The minimum atomic E-state index is -0.319. The molecule has 106 valence electrons. The van der Waals surface area contributed by atoms with Crippen molar-refractivity contribution in [3.05, 3.63) is 17.0 Å². The van der Waals surface area contributed by atoms with Crippen LogP contribution in [-0.2, 0) is 14.3 Å². The number of carbonyl (C=O) groups excluding carboxylic acids is 1. The van der Waals surface area contributed by atoms with Gasteiger partial charge in [0.1, 0.15) is 6.21 Å². The van der Waals surface area contributed by atoms with Crippen LogP contribution in [0.25, 0.3) is 0 Å². The second kappa shape index (κ2) is 7.52. The Hall–Kier alpha value is -1.89. The van der Waals surface area contributed by atoms with E-state index in [0.29, 0.717) is 24.5 Å². The summed E-state index contributed by atoms with van der Waals surface area (Å²) >= 11 is 0. The second-order valence-corrected chi connectivity index (χ2v) is 4.06. The zero-order valence-corrected chi connectivity index (χ0v) is 11.3. The third-order valence-corrected chi connectivity index (χ3v) is 2.87. The van der Waals surface area contributed by atoms with E-state index in [1.54, 1.807) is 14.0 Å². The van der Waals surface area contributed by atoms with E-state index in [-0.39, 0.29) is 18.3 Å². The number of aromatic nitrogens is 1. The van der Waals surface area contributed by atoms with Gasteiger partial charge in [-0.25, -0.2) is 0 Å². The lowest BCUT2D eigenvalue weighted by Gasteiger charge is -2.13. The third-order valence-electron chi connectivity index (χ3n) is 2.87. The molecule has 1 heterocycles. The fraction of sp³-hybridized carbons (Fsp3) is 0.583. The Bertz CT molecular complexity index is 441. The Balaban J connectivity index is 2.92. The molecule has 0 spiro atoms. The van der Waals surface area contributed by atoms with Crippen molar-refractivity contribution in [2.45, 2.75) is 25.7 Å². The van der Waals surface area contributed by atoms with E-state index >= 15 is 0 Å². The van der Waals surface area contributed by atoms with Gasteiger partial charge in [0.05, 0.1) is 19.2 Å². The van der Waals surface area contributed by atoms with Crippen molar-refractivity contribution in [3.8, 4) is 0 Å². The summed E-state index contributed by atoms with van der Waals surface area (Å²) in [5, 5.41) is 15.3. The number of hydrogen-bond acceptors (Lipinski definition) is 7. The molecule has 0 aliphatic carbocycles. The summed E-state index contributed by atoms with van der Waals surface area (Å²) in [6.45, 7) is 2.29. The van der Waals surface area contributed by atoms with E-state index in [0.717, 1.165) is 11.8 Å². The van der Waals surface area contributed by atoms with Gasteiger partial charge in [0.25, 0.3) is 0 Å². The number of oxime groups is 1. The first kappa shape index (κ1) is 15.2. The van der Waals surface area contributed by atoms with Crippen molar-refractivity contribution in [3.63, 3.8) is 0 Å². The topological polar surface area (TPSA) is 94.2 Å². The monoisotopic (exact) mass is 270 g/mol. The van der Waals surface area contributed by atoms with E-state index in [2.05, 4.69) is 15.0 Å². The average Bonchev–Trinajstić information content (AvgIpc) is 2.76. The van der Waals surface area contributed by atoms with E-state index in [1.807, 2.05) is 0 Å². The Labute approximate surface area is 111 Å². The highest BCUT2D eigenvalue weighted by Crippen LogP contribution is 2.27. The largest absolute Gasteiger partial charge is 0.469 e. The van der Waals surface area contributed by atoms with Crippen LogP contribution in [0.4, 0.5) is 0 Å². The summed E-state index contributed by atoms with van der Waals surface area (Å²) in [5.74, 6) is -0.109. The molecule has 0 aliphatic heterocycles. The highest BCUT2D eigenvalue weighted by molar-refractivity contribution is 5.77. The fourth-order valence-electron chi connectivity index (χ4n) is 1.80. The summed E-state index contributed by atoms with van der Waals surface area (Å²) in [7, 11) is 2.93. The SMILES string of the molecule is COCCC(CC(=O)OC)c1noc(/C=N/O)c1C. The molecule has 1 unspecified atom stereocenters. The molecule has 0 radical (unpaired) electrons. The number of nitrogens with zero attached hydrogens (tertiary/aromatic N) is 2. The molecule has 0 fully saturated rings.